The van der Waals surface area contributed by atoms with Crippen molar-refractivity contribution < 1.29 is 9.13 Å². The highest BCUT2D eigenvalue weighted by atomic mass is 19.1. The normalized spacial score (nSPS) is 16.8. The number of benzene rings is 1. The Kier molecular flexibility index (Phi) is 5.99. The number of hydrogen-bond acceptors (Lipinski definition) is 2. The Morgan fingerprint density at radius 2 is 2.00 bits per heavy atom. The van der Waals surface area contributed by atoms with E-state index in [2.05, 4.69) is 19.2 Å². The topological polar surface area (TPSA) is 21.3 Å². The van der Waals surface area contributed by atoms with Crippen molar-refractivity contribution in [1.82, 2.24) is 5.32 Å². The molecule has 0 saturated heterocycles. The van der Waals surface area contributed by atoms with Crippen LogP contribution in [0.2, 0.25) is 0 Å². The molecule has 112 valence electrons. The molecule has 2 rings (SSSR count). The second-order valence-electron chi connectivity index (χ2n) is 6.03. The van der Waals surface area contributed by atoms with Gasteiger partial charge in [0.15, 0.2) is 0 Å². The second-order valence-corrected chi connectivity index (χ2v) is 6.03. The standard InChI is InChI=1S/C17H26FNO/c1-13(2)19-11-14-8-9-17(18)15(10-14)12-20-16-6-4-3-5-7-16/h8-10,13,16,19H,3-7,11-12H2,1-2H3. The first-order valence-corrected chi connectivity index (χ1v) is 7.77. The number of ether oxygens (including phenoxy) is 1. The zero-order valence-electron chi connectivity index (χ0n) is 12.6. The Hall–Kier alpha value is -0.930. The minimum absolute atomic E-state index is 0.158. The van der Waals surface area contributed by atoms with Gasteiger partial charge in [-0.1, -0.05) is 39.2 Å². The average molecular weight is 279 g/mol. The molecule has 0 amide bonds. The molecule has 3 heteroatoms. The summed E-state index contributed by atoms with van der Waals surface area (Å²) in [5.41, 5.74) is 1.79. The van der Waals surface area contributed by atoms with Crippen molar-refractivity contribution in [2.24, 2.45) is 0 Å². The summed E-state index contributed by atoms with van der Waals surface area (Å²) in [6.45, 7) is 5.38. The summed E-state index contributed by atoms with van der Waals surface area (Å²) in [6.07, 6.45) is 6.36. The predicted octanol–water partition coefficient (Wildman–Crippen LogP) is 4.17. The zero-order valence-corrected chi connectivity index (χ0v) is 12.6. The van der Waals surface area contributed by atoms with E-state index in [1.54, 1.807) is 6.07 Å². The van der Waals surface area contributed by atoms with Gasteiger partial charge in [-0.15, -0.1) is 0 Å². The van der Waals surface area contributed by atoms with E-state index in [1.165, 1.54) is 19.3 Å². The van der Waals surface area contributed by atoms with Gasteiger partial charge in [0.1, 0.15) is 5.82 Å². The lowest BCUT2D eigenvalue weighted by atomic mass is 9.98. The van der Waals surface area contributed by atoms with Crippen LogP contribution in [0.5, 0.6) is 0 Å². The molecular formula is C17H26FNO. The van der Waals surface area contributed by atoms with Crippen LogP contribution in [0.15, 0.2) is 18.2 Å². The van der Waals surface area contributed by atoms with Crippen LogP contribution in [0.4, 0.5) is 4.39 Å². The van der Waals surface area contributed by atoms with Crippen LogP contribution in [-0.4, -0.2) is 12.1 Å². The van der Waals surface area contributed by atoms with Crippen LogP contribution < -0.4 is 5.32 Å². The van der Waals surface area contributed by atoms with Gasteiger partial charge in [-0.3, -0.25) is 0 Å². The van der Waals surface area contributed by atoms with Crippen LogP contribution >= 0.6 is 0 Å². The summed E-state index contributed by atoms with van der Waals surface area (Å²) in [7, 11) is 0. The first-order chi connectivity index (χ1) is 9.65. The van der Waals surface area contributed by atoms with E-state index in [1.807, 2.05) is 12.1 Å². The highest BCUT2D eigenvalue weighted by Gasteiger charge is 2.14. The fraction of sp³-hybridized carbons (Fsp3) is 0.647. The molecule has 1 saturated carbocycles. The molecule has 1 aromatic carbocycles. The lowest BCUT2D eigenvalue weighted by molar-refractivity contribution is 0.0156. The maximum Gasteiger partial charge on any atom is 0.128 e. The van der Waals surface area contributed by atoms with Crippen LogP contribution in [0.3, 0.4) is 0 Å². The van der Waals surface area contributed by atoms with Gasteiger partial charge in [0.05, 0.1) is 12.7 Å². The molecule has 2 nitrogen and oxygen atoms in total. The van der Waals surface area contributed by atoms with E-state index < -0.39 is 0 Å². The summed E-state index contributed by atoms with van der Waals surface area (Å²) in [5, 5.41) is 3.35. The van der Waals surface area contributed by atoms with Gasteiger partial charge >= 0.3 is 0 Å². The van der Waals surface area contributed by atoms with Crippen molar-refractivity contribution in [2.45, 2.75) is 71.2 Å². The third-order valence-electron chi connectivity index (χ3n) is 3.85. The van der Waals surface area contributed by atoms with E-state index >= 15 is 0 Å². The zero-order chi connectivity index (χ0) is 14.4. The summed E-state index contributed by atoms with van der Waals surface area (Å²) in [6, 6.07) is 5.75. The van der Waals surface area contributed by atoms with Crippen LogP contribution in [0.25, 0.3) is 0 Å². The smallest absolute Gasteiger partial charge is 0.128 e. The van der Waals surface area contributed by atoms with E-state index in [0.717, 1.165) is 24.9 Å². The molecule has 20 heavy (non-hydrogen) atoms. The highest BCUT2D eigenvalue weighted by molar-refractivity contribution is 5.24. The first-order valence-electron chi connectivity index (χ1n) is 7.77. The monoisotopic (exact) mass is 279 g/mol. The van der Waals surface area contributed by atoms with Gasteiger partial charge in [0, 0.05) is 18.2 Å². The fourth-order valence-corrected chi connectivity index (χ4v) is 2.61. The quantitative estimate of drug-likeness (QED) is 0.843. The summed E-state index contributed by atoms with van der Waals surface area (Å²) >= 11 is 0. The Morgan fingerprint density at radius 3 is 2.70 bits per heavy atom. The Bertz CT molecular complexity index is 413. The molecular weight excluding hydrogens is 253 g/mol. The van der Waals surface area contributed by atoms with Crippen LogP contribution in [0.1, 0.15) is 57.1 Å². The predicted molar refractivity (Wildman–Crippen MR) is 80.0 cm³/mol. The number of rotatable bonds is 6. The Balaban J connectivity index is 1.90. The molecule has 1 aliphatic rings. The number of nitrogens with one attached hydrogen (secondary N) is 1. The molecule has 1 fully saturated rings. The minimum Gasteiger partial charge on any atom is -0.373 e. The Morgan fingerprint density at radius 1 is 1.25 bits per heavy atom. The van der Waals surface area contributed by atoms with E-state index in [4.69, 9.17) is 4.74 Å². The van der Waals surface area contributed by atoms with Gasteiger partial charge in [0.25, 0.3) is 0 Å². The molecule has 0 aliphatic heterocycles. The minimum atomic E-state index is -0.158. The van der Waals surface area contributed by atoms with Crippen molar-refractivity contribution in [1.29, 1.82) is 0 Å². The molecule has 0 radical (unpaired) electrons. The van der Waals surface area contributed by atoms with E-state index in [9.17, 15) is 4.39 Å². The van der Waals surface area contributed by atoms with Crippen molar-refractivity contribution in [3.05, 3.63) is 35.1 Å². The molecule has 0 heterocycles. The van der Waals surface area contributed by atoms with Crippen molar-refractivity contribution in [3.63, 3.8) is 0 Å². The molecule has 1 N–H and O–H groups in total. The van der Waals surface area contributed by atoms with Crippen molar-refractivity contribution in [3.8, 4) is 0 Å². The lowest BCUT2D eigenvalue weighted by Gasteiger charge is -2.22. The molecule has 1 aliphatic carbocycles. The van der Waals surface area contributed by atoms with E-state index in [0.29, 0.717) is 24.3 Å². The SMILES string of the molecule is CC(C)NCc1ccc(F)c(COC2CCCCC2)c1. The second kappa shape index (κ2) is 7.75. The van der Waals surface area contributed by atoms with Gasteiger partial charge in [-0.05, 0) is 30.5 Å². The largest absolute Gasteiger partial charge is 0.373 e. The first kappa shape index (κ1) is 15.5. The third kappa shape index (κ3) is 4.88. The number of hydrogen-bond donors (Lipinski definition) is 1. The molecule has 0 unspecified atom stereocenters. The average Bonchev–Trinajstić information content (AvgIpc) is 2.46. The molecule has 0 bridgehead atoms. The maximum atomic E-state index is 13.8. The summed E-state index contributed by atoms with van der Waals surface area (Å²) in [5.74, 6) is -0.158. The van der Waals surface area contributed by atoms with Crippen molar-refractivity contribution in [2.75, 3.05) is 0 Å². The van der Waals surface area contributed by atoms with Crippen LogP contribution in [-0.2, 0) is 17.9 Å². The summed E-state index contributed by atoms with van der Waals surface area (Å²) < 4.78 is 19.7. The van der Waals surface area contributed by atoms with Gasteiger partial charge < -0.3 is 10.1 Å². The lowest BCUT2D eigenvalue weighted by Crippen LogP contribution is -2.22. The Labute approximate surface area is 121 Å². The summed E-state index contributed by atoms with van der Waals surface area (Å²) in [4.78, 5) is 0. The van der Waals surface area contributed by atoms with Gasteiger partial charge in [0.2, 0.25) is 0 Å². The van der Waals surface area contributed by atoms with Crippen molar-refractivity contribution >= 4 is 0 Å². The van der Waals surface area contributed by atoms with Crippen LogP contribution in [0, 0.1) is 5.82 Å². The fourth-order valence-electron chi connectivity index (χ4n) is 2.61. The van der Waals surface area contributed by atoms with Gasteiger partial charge in [-0.2, -0.15) is 0 Å². The molecule has 0 atom stereocenters. The molecule has 1 aromatic rings. The molecule has 0 spiro atoms. The van der Waals surface area contributed by atoms with Gasteiger partial charge in [-0.25, -0.2) is 4.39 Å². The third-order valence-corrected chi connectivity index (χ3v) is 3.85. The molecule has 0 aromatic heterocycles. The van der Waals surface area contributed by atoms with E-state index in [-0.39, 0.29) is 5.82 Å². The highest BCUT2D eigenvalue weighted by Crippen LogP contribution is 2.22. The number of halogens is 1. The maximum absolute atomic E-state index is 13.8.